The number of carbonyl (C=O) groups is 2. The van der Waals surface area contributed by atoms with Gasteiger partial charge in [-0.05, 0) is 41.5 Å². The zero-order chi connectivity index (χ0) is 48.3. The number of rotatable bonds is 8. The number of H-pyrrole nitrogens is 5. The zero-order valence-corrected chi connectivity index (χ0v) is 39.1. The van der Waals surface area contributed by atoms with Crippen LogP contribution in [0, 0.1) is 11.3 Å². The molecule has 0 aliphatic rings. The first-order valence-electron chi connectivity index (χ1n) is 19.2. The molecule has 0 bridgehead atoms. The number of hydrogen-bond donors (Lipinski definition) is 7. The Bertz CT molecular complexity index is 3510. The van der Waals surface area contributed by atoms with Crippen LogP contribution in [0.4, 0.5) is 0 Å². The summed E-state index contributed by atoms with van der Waals surface area (Å²) in [5, 5.41) is 32.6. The third kappa shape index (κ3) is 12.4. The lowest BCUT2D eigenvalue weighted by molar-refractivity contribution is -0.136. The number of aldehydes is 1. The second-order valence-electron chi connectivity index (χ2n) is 13.7. The maximum Gasteiger partial charge on any atom is 0.307 e. The van der Waals surface area contributed by atoms with Gasteiger partial charge in [-0.15, -0.1) is 0 Å². The molecular weight excluding hydrogens is 992 g/mol. The molecular formula is C43H34Cl5N11O7S. The van der Waals surface area contributed by atoms with E-state index in [2.05, 4.69) is 55.9 Å². The molecule has 67 heavy (non-hydrogen) atoms. The Morgan fingerprint density at radius 2 is 0.985 bits per heavy atom. The summed E-state index contributed by atoms with van der Waals surface area (Å²) in [6.07, 6.45) is 18.1. The molecule has 344 valence electrons. The Kier molecular flexibility index (Phi) is 16.9. The lowest BCUT2D eigenvalue weighted by atomic mass is 10.1. The van der Waals surface area contributed by atoms with Gasteiger partial charge in [0.2, 0.25) is 0 Å². The quantitative estimate of drug-likeness (QED) is 0.0552. The molecule has 10 aromatic rings. The number of carbonyl (C=O) groups excluding carboxylic acids is 1. The highest BCUT2D eigenvalue weighted by atomic mass is 35.5. The summed E-state index contributed by atoms with van der Waals surface area (Å²) in [6, 6.07) is 11.1. The molecule has 0 radical (unpaired) electrons. The first-order valence-corrected chi connectivity index (χ1v) is 22.9. The summed E-state index contributed by atoms with van der Waals surface area (Å²) in [4.78, 5) is 56.0. The fourth-order valence-electron chi connectivity index (χ4n) is 6.34. The fraction of sp³-hybridized carbons (Fsp3) is 0.116. The number of nitrogens with zero attached hydrogens (tertiary/aromatic N) is 6. The summed E-state index contributed by atoms with van der Waals surface area (Å²) in [7, 11) is -3.48. The number of aliphatic hydroxyl groups excluding tert-OH is 1. The highest BCUT2D eigenvalue weighted by Crippen LogP contribution is 2.27. The Morgan fingerprint density at radius 1 is 0.627 bits per heavy atom. The predicted molar refractivity (Wildman–Crippen MR) is 257 cm³/mol. The minimum atomic E-state index is -3.48. The number of carboxylic acid groups (broad SMARTS) is 1. The number of fused-ring (bicyclic) bond motifs is 5. The van der Waals surface area contributed by atoms with Gasteiger partial charge in [0.25, 0.3) is 10.1 Å². The number of nitriles is 1. The monoisotopic (exact) mass is 1020 g/mol. The van der Waals surface area contributed by atoms with Gasteiger partial charge in [0, 0.05) is 106 Å². The predicted octanol–water partition coefficient (Wildman–Crippen LogP) is 9.56. The second-order valence-corrected chi connectivity index (χ2v) is 17.4. The third-order valence-electron chi connectivity index (χ3n) is 9.44. The average molecular weight is 1030 g/mol. The van der Waals surface area contributed by atoms with Crippen molar-refractivity contribution in [3.63, 3.8) is 0 Å². The maximum atomic E-state index is 10.9. The Hall–Kier alpha value is -6.60. The van der Waals surface area contributed by atoms with Gasteiger partial charge in [0.15, 0.2) is 6.29 Å². The highest BCUT2D eigenvalue weighted by Gasteiger charge is 2.13. The molecule has 0 saturated carbocycles. The van der Waals surface area contributed by atoms with E-state index < -0.39 is 16.1 Å². The van der Waals surface area contributed by atoms with Crippen LogP contribution in [0.1, 0.15) is 32.6 Å². The van der Waals surface area contributed by atoms with Crippen LogP contribution in [0.2, 0.25) is 25.1 Å². The van der Waals surface area contributed by atoms with E-state index in [1.807, 2.05) is 12.1 Å². The SMILES string of the molecule is CS(=O)(=O)OCc1c(Cl)cnc2[nH]ccc12.N#CCc1c(Cl)cnc2[nH]ccc12.O=C(O)Cc1c(Cl)cnc2[nH]ccc12.O=Cc1c(Cl)cnc2[nH]ccc12.OCc1c(Cl)cnc2[nH]ccc12. The minimum absolute atomic E-state index is 0.0598. The van der Waals surface area contributed by atoms with Crippen molar-refractivity contribution >= 4 is 136 Å². The molecule has 7 N–H and O–H groups in total. The number of aromatic amines is 5. The van der Waals surface area contributed by atoms with Crippen molar-refractivity contribution in [2.75, 3.05) is 6.26 Å². The van der Waals surface area contributed by atoms with Gasteiger partial charge in [0.05, 0.1) is 63.5 Å². The largest absolute Gasteiger partial charge is 0.481 e. The van der Waals surface area contributed by atoms with Crippen LogP contribution in [0.3, 0.4) is 0 Å². The van der Waals surface area contributed by atoms with Crippen LogP contribution in [0.15, 0.2) is 92.3 Å². The average Bonchev–Trinajstić information content (AvgIpc) is 4.16. The standard InChI is InChI=1S/C9H6ClN3.C9H9ClN2O3S.C9H7ClN2O2.C8H7ClN2O.C8H5ClN2O/c10-8-5-13-9-7(2-4-12-9)6(8)1-3-11;1-16(13,14)15-5-7-6-2-3-11-9(6)12-4-8(7)10;10-7-4-12-9-5(1-2-11-9)6(7)3-8(13)14;2*9-7-3-11-8-5(1-2-10-8)6(7)4-12/h2,4-5H,1H2,(H,12,13);2-4H,5H2,1H3,(H,11,12);1-2,4H,3H2,(H,11,12)(H,13,14);1-3,12H,4H2,(H,10,11);1-4H,(H,10,11). The first kappa shape index (κ1) is 49.8. The van der Waals surface area contributed by atoms with Gasteiger partial charge >= 0.3 is 5.97 Å². The first-order chi connectivity index (χ1) is 32.1. The van der Waals surface area contributed by atoms with E-state index in [9.17, 15) is 18.0 Å². The van der Waals surface area contributed by atoms with E-state index in [1.165, 1.54) is 24.8 Å². The van der Waals surface area contributed by atoms with Crippen molar-refractivity contribution < 1.29 is 32.4 Å². The normalized spacial score (nSPS) is 10.9. The lowest BCUT2D eigenvalue weighted by Gasteiger charge is -2.05. The van der Waals surface area contributed by atoms with Crippen molar-refractivity contribution in [1.82, 2.24) is 49.8 Å². The van der Waals surface area contributed by atoms with Crippen molar-refractivity contribution in [2.45, 2.75) is 26.1 Å². The molecule has 0 saturated heterocycles. The summed E-state index contributed by atoms with van der Waals surface area (Å²) < 4.78 is 26.5. The van der Waals surface area contributed by atoms with Crippen molar-refractivity contribution in [3.05, 3.63) is 145 Å². The molecule has 0 aliphatic heterocycles. The van der Waals surface area contributed by atoms with Gasteiger partial charge in [0.1, 0.15) is 28.2 Å². The maximum absolute atomic E-state index is 10.9. The number of aliphatic hydroxyl groups is 1. The summed E-state index contributed by atoms with van der Waals surface area (Å²) in [6.45, 7) is -0.149. The molecule has 0 fully saturated rings. The molecule has 10 aromatic heterocycles. The number of pyridine rings is 5. The second kappa shape index (κ2) is 22.7. The number of nitrogens with one attached hydrogen (secondary N) is 5. The van der Waals surface area contributed by atoms with E-state index in [4.69, 9.17) is 77.7 Å². The number of halogens is 5. The molecule has 0 aromatic carbocycles. The molecule has 0 aliphatic carbocycles. The van der Waals surface area contributed by atoms with Crippen LogP contribution in [-0.4, -0.2) is 87.0 Å². The molecule has 18 nitrogen and oxygen atoms in total. The fourth-order valence-corrected chi connectivity index (χ4v) is 7.72. The third-order valence-corrected chi connectivity index (χ3v) is 11.6. The zero-order valence-electron chi connectivity index (χ0n) is 34.5. The van der Waals surface area contributed by atoms with E-state index in [0.717, 1.165) is 61.9 Å². The summed E-state index contributed by atoms with van der Waals surface area (Å²) in [5.74, 6) is -0.902. The summed E-state index contributed by atoms with van der Waals surface area (Å²) in [5.41, 5.74) is 6.78. The Morgan fingerprint density at radius 3 is 1.40 bits per heavy atom. The Balaban J connectivity index is 0.000000139. The number of carboxylic acids is 1. The van der Waals surface area contributed by atoms with E-state index in [-0.39, 0.29) is 19.6 Å². The van der Waals surface area contributed by atoms with Gasteiger partial charge in [-0.3, -0.25) is 13.8 Å². The van der Waals surface area contributed by atoms with Crippen LogP contribution in [0.25, 0.3) is 55.2 Å². The van der Waals surface area contributed by atoms with Gasteiger partial charge in [-0.2, -0.15) is 13.7 Å². The molecule has 10 heterocycles. The van der Waals surface area contributed by atoms with Crippen LogP contribution < -0.4 is 0 Å². The molecule has 10 rings (SSSR count). The minimum Gasteiger partial charge on any atom is -0.481 e. The van der Waals surface area contributed by atoms with Gasteiger partial charge in [-0.25, -0.2) is 24.9 Å². The molecule has 0 spiro atoms. The van der Waals surface area contributed by atoms with Crippen LogP contribution in [0.5, 0.6) is 0 Å². The number of aliphatic carboxylic acids is 1. The van der Waals surface area contributed by atoms with Crippen LogP contribution >= 0.6 is 58.0 Å². The van der Waals surface area contributed by atoms with Crippen molar-refractivity contribution in [3.8, 4) is 6.07 Å². The van der Waals surface area contributed by atoms with Crippen LogP contribution in [-0.2, 0) is 45.2 Å². The highest BCUT2D eigenvalue weighted by molar-refractivity contribution is 7.85. The van der Waals surface area contributed by atoms with E-state index in [1.54, 1.807) is 55.4 Å². The molecule has 24 heteroatoms. The van der Waals surface area contributed by atoms with E-state index >= 15 is 0 Å². The van der Waals surface area contributed by atoms with Gasteiger partial charge < -0.3 is 35.1 Å². The molecule has 0 amide bonds. The molecule has 0 unspecified atom stereocenters. The lowest BCUT2D eigenvalue weighted by Crippen LogP contribution is -2.03. The summed E-state index contributed by atoms with van der Waals surface area (Å²) >= 11 is 29.3. The number of aromatic nitrogens is 10. The van der Waals surface area contributed by atoms with Crippen molar-refractivity contribution in [1.29, 1.82) is 5.26 Å². The van der Waals surface area contributed by atoms with E-state index in [0.29, 0.717) is 65.2 Å². The number of hydrogen-bond acceptors (Lipinski definition) is 12. The smallest absolute Gasteiger partial charge is 0.307 e. The topological polar surface area (TPSA) is 285 Å². The Labute approximate surface area is 404 Å². The molecule has 0 atom stereocenters. The van der Waals surface area contributed by atoms with Crippen molar-refractivity contribution in [2.24, 2.45) is 0 Å². The van der Waals surface area contributed by atoms with Gasteiger partial charge in [-0.1, -0.05) is 58.0 Å².